The fraction of sp³-hybridized carbons (Fsp3) is 0. The zero-order chi connectivity index (χ0) is 16.0. The number of benzene rings is 2. The molecule has 114 valence electrons. The maximum atomic E-state index is 13.9. The highest BCUT2D eigenvalue weighted by molar-refractivity contribution is 7.19. The first-order valence-corrected chi connectivity index (χ1v) is 7.38. The molecule has 2 heterocycles. The highest BCUT2D eigenvalue weighted by atomic mass is 32.1. The normalized spacial score (nSPS) is 11.3. The summed E-state index contributed by atoms with van der Waals surface area (Å²) in [5.74, 6) is -2.28. The minimum absolute atomic E-state index is 0.0337. The maximum Gasteiger partial charge on any atom is 0.235 e. The Morgan fingerprint density at radius 2 is 1.78 bits per heavy atom. The fourth-order valence-corrected chi connectivity index (χ4v) is 3.04. The first kappa shape index (κ1) is 13.9. The first-order chi connectivity index (χ1) is 11.1. The van der Waals surface area contributed by atoms with Gasteiger partial charge in [-0.15, -0.1) is 10.2 Å². The summed E-state index contributed by atoms with van der Waals surface area (Å²) in [6, 6.07) is 9.75. The van der Waals surface area contributed by atoms with E-state index < -0.39 is 11.6 Å². The van der Waals surface area contributed by atoms with Gasteiger partial charge in [-0.1, -0.05) is 29.5 Å². The molecule has 0 atom stereocenters. The zero-order valence-corrected chi connectivity index (χ0v) is 12.2. The van der Waals surface area contributed by atoms with Crippen LogP contribution in [0.1, 0.15) is 0 Å². The number of hydrogen-bond donors (Lipinski definition) is 0. The van der Waals surface area contributed by atoms with Crippen molar-refractivity contribution in [1.29, 1.82) is 0 Å². The standard InChI is InChI=1S/C15H7F3N4S/c16-9-4-1-3-8(7-9)14-21-22-13(19-20-15(22)23-14)10-5-2-6-11(17)12(10)18/h1-7H. The van der Waals surface area contributed by atoms with Gasteiger partial charge in [0.2, 0.25) is 4.96 Å². The Morgan fingerprint density at radius 1 is 0.957 bits per heavy atom. The van der Waals surface area contributed by atoms with E-state index in [0.717, 1.165) is 6.07 Å². The number of hydrogen-bond acceptors (Lipinski definition) is 4. The second-order valence-corrected chi connectivity index (χ2v) is 5.69. The van der Waals surface area contributed by atoms with Crippen LogP contribution in [0.2, 0.25) is 0 Å². The van der Waals surface area contributed by atoms with E-state index in [4.69, 9.17) is 0 Å². The van der Waals surface area contributed by atoms with Crippen molar-refractivity contribution in [3.05, 3.63) is 59.9 Å². The third-order valence-corrected chi connectivity index (χ3v) is 4.20. The molecule has 2 aromatic heterocycles. The molecule has 0 aliphatic rings. The summed E-state index contributed by atoms with van der Waals surface area (Å²) >= 11 is 1.18. The van der Waals surface area contributed by atoms with Crippen LogP contribution >= 0.6 is 11.3 Å². The van der Waals surface area contributed by atoms with Crippen LogP contribution in [0.15, 0.2) is 42.5 Å². The molecule has 4 nitrogen and oxygen atoms in total. The molecule has 0 amide bonds. The quantitative estimate of drug-likeness (QED) is 0.558. The minimum Gasteiger partial charge on any atom is -0.207 e. The van der Waals surface area contributed by atoms with Crippen LogP contribution in [-0.4, -0.2) is 19.8 Å². The van der Waals surface area contributed by atoms with Gasteiger partial charge in [-0.3, -0.25) is 0 Å². The fourth-order valence-electron chi connectivity index (χ4n) is 2.20. The van der Waals surface area contributed by atoms with Gasteiger partial charge in [0.05, 0.1) is 5.56 Å². The van der Waals surface area contributed by atoms with Crippen LogP contribution in [0.3, 0.4) is 0 Å². The van der Waals surface area contributed by atoms with Crippen molar-refractivity contribution in [1.82, 2.24) is 19.8 Å². The van der Waals surface area contributed by atoms with Crippen LogP contribution < -0.4 is 0 Å². The second kappa shape index (κ2) is 5.17. The summed E-state index contributed by atoms with van der Waals surface area (Å²) in [6.45, 7) is 0. The molecule has 0 saturated carbocycles. The average Bonchev–Trinajstić information content (AvgIpc) is 3.11. The molecule has 0 spiro atoms. The van der Waals surface area contributed by atoms with Gasteiger partial charge in [0.25, 0.3) is 0 Å². The number of fused-ring (bicyclic) bond motifs is 1. The van der Waals surface area contributed by atoms with Crippen molar-refractivity contribution in [3.8, 4) is 22.0 Å². The van der Waals surface area contributed by atoms with E-state index in [1.807, 2.05) is 0 Å². The Kier molecular flexibility index (Phi) is 3.12. The van der Waals surface area contributed by atoms with Gasteiger partial charge < -0.3 is 0 Å². The molecule has 4 rings (SSSR count). The van der Waals surface area contributed by atoms with Crippen LogP contribution in [0.5, 0.6) is 0 Å². The largest absolute Gasteiger partial charge is 0.235 e. The minimum atomic E-state index is -1.01. The van der Waals surface area contributed by atoms with Gasteiger partial charge in [0, 0.05) is 5.56 Å². The van der Waals surface area contributed by atoms with Crippen LogP contribution in [0.4, 0.5) is 13.2 Å². The van der Waals surface area contributed by atoms with Crippen molar-refractivity contribution < 1.29 is 13.2 Å². The molecule has 4 aromatic rings. The molecular weight excluding hydrogens is 325 g/mol. The Bertz CT molecular complexity index is 1020. The monoisotopic (exact) mass is 332 g/mol. The van der Waals surface area contributed by atoms with E-state index >= 15 is 0 Å². The number of aromatic nitrogens is 4. The van der Waals surface area contributed by atoms with Crippen molar-refractivity contribution in [3.63, 3.8) is 0 Å². The van der Waals surface area contributed by atoms with E-state index in [0.29, 0.717) is 15.5 Å². The van der Waals surface area contributed by atoms with Gasteiger partial charge in [-0.05, 0) is 24.3 Å². The predicted molar refractivity (Wildman–Crippen MR) is 79.4 cm³/mol. The summed E-state index contributed by atoms with van der Waals surface area (Å²) in [6.07, 6.45) is 0. The molecule has 0 bridgehead atoms. The zero-order valence-electron chi connectivity index (χ0n) is 11.4. The summed E-state index contributed by atoms with van der Waals surface area (Å²) in [4.78, 5) is 0.405. The molecule has 0 unspecified atom stereocenters. The molecule has 0 N–H and O–H groups in total. The SMILES string of the molecule is Fc1cccc(-c2nn3c(-c4cccc(F)c4F)nnc3s2)c1. The Labute approximate surface area is 131 Å². The molecule has 0 saturated heterocycles. The first-order valence-electron chi connectivity index (χ1n) is 6.56. The summed E-state index contributed by atoms with van der Waals surface area (Å²) < 4.78 is 42.0. The highest BCUT2D eigenvalue weighted by Gasteiger charge is 2.19. The lowest BCUT2D eigenvalue weighted by Gasteiger charge is -2.00. The van der Waals surface area contributed by atoms with Crippen LogP contribution in [-0.2, 0) is 0 Å². The number of rotatable bonds is 2. The van der Waals surface area contributed by atoms with Crippen molar-refractivity contribution >= 4 is 16.3 Å². The van der Waals surface area contributed by atoms with Crippen LogP contribution in [0, 0.1) is 17.5 Å². The van der Waals surface area contributed by atoms with E-state index in [1.165, 1.54) is 40.1 Å². The Morgan fingerprint density at radius 3 is 2.61 bits per heavy atom. The van der Waals surface area contributed by atoms with Gasteiger partial charge in [-0.25, -0.2) is 13.2 Å². The molecule has 0 aliphatic carbocycles. The van der Waals surface area contributed by atoms with E-state index in [2.05, 4.69) is 15.3 Å². The van der Waals surface area contributed by atoms with Gasteiger partial charge in [-0.2, -0.15) is 9.61 Å². The van der Waals surface area contributed by atoms with E-state index in [-0.39, 0.29) is 17.2 Å². The molecular formula is C15H7F3N4S. The van der Waals surface area contributed by atoms with Crippen LogP contribution in [0.25, 0.3) is 26.9 Å². The van der Waals surface area contributed by atoms with E-state index in [1.54, 1.807) is 12.1 Å². The molecule has 23 heavy (non-hydrogen) atoms. The second-order valence-electron chi connectivity index (χ2n) is 4.74. The Balaban J connectivity index is 1.89. The van der Waals surface area contributed by atoms with Gasteiger partial charge in [0.15, 0.2) is 17.5 Å². The maximum absolute atomic E-state index is 13.9. The summed E-state index contributed by atoms with van der Waals surface area (Å²) in [5, 5.41) is 12.6. The number of nitrogens with zero attached hydrogens (tertiary/aromatic N) is 4. The van der Waals surface area contributed by atoms with Gasteiger partial charge in [0.1, 0.15) is 10.8 Å². The highest BCUT2D eigenvalue weighted by Crippen LogP contribution is 2.29. The topological polar surface area (TPSA) is 43.1 Å². The lowest BCUT2D eigenvalue weighted by Crippen LogP contribution is -1.95. The summed E-state index contributed by atoms with van der Waals surface area (Å²) in [5.41, 5.74) is 0.541. The molecule has 0 aliphatic heterocycles. The van der Waals surface area contributed by atoms with Crippen molar-refractivity contribution in [2.75, 3.05) is 0 Å². The molecule has 8 heteroatoms. The predicted octanol–water partition coefficient (Wildman–Crippen LogP) is 3.94. The smallest absolute Gasteiger partial charge is 0.207 e. The van der Waals surface area contributed by atoms with Gasteiger partial charge >= 0.3 is 0 Å². The lowest BCUT2D eigenvalue weighted by atomic mass is 10.2. The third-order valence-electron chi connectivity index (χ3n) is 3.25. The average molecular weight is 332 g/mol. The lowest BCUT2D eigenvalue weighted by molar-refractivity contribution is 0.510. The summed E-state index contributed by atoms with van der Waals surface area (Å²) in [7, 11) is 0. The van der Waals surface area contributed by atoms with Crippen molar-refractivity contribution in [2.24, 2.45) is 0 Å². The third kappa shape index (κ3) is 2.27. The molecule has 0 radical (unpaired) electrons. The number of halogens is 3. The molecule has 0 fully saturated rings. The molecule has 2 aromatic carbocycles. The van der Waals surface area contributed by atoms with E-state index in [9.17, 15) is 13.2 Å². The Hall–Kier alpha value is -2.74. The van der Waals surface area contributed by atoms with Crippen molar-refractivity contribution in [2.45, 2.75) is 0 Å².